The Bertz CT molecular complexity index is 1170. The molecule has 1 amide bonds. The van der Waals surface area contributed by atoms with E-state index < -0.39 is 0 Å². The van der Waals surface area contributed by atoms with E-state index in [9.17, 15) is 4.79 Å². The van der Waals surface area contributed by atoms with E-state index in [4.69, 9.17) is 16.7 Å². The van der Waals surface area contributed by atoms with Gasteiger partial charge in [-0.15, -0.1) is 0 Å². The molecule has 0 fully saturated rings. The predicted octanol–water partition coefficient (Wildman–Crippen LogP) is 5.02. The molecule has 5 nitrogen and oxygen atoms in total. The first-order valence-corrected chi connectivity index (χ1v) is 9.83. The van der Waals surface area contributed by atoms with Gasteiger partial charge in [0.25, 0.3) is 5.91 Å². The van der Waals surface area contributed by atoms with Gasteiger partial charge in [0.15, 0.2) is 0 Å². The van der Waals surface area contributed by atoms with E-state index >= 15 is 0 Å². The molecule has 1 aromatic heterocycles. The third-order valence-electron chi connectivity index (χ3n) is 4.53. The summed E-state index contributed by atoms with van der Waals surface area (Å²) in [4.78, 5) is 12.2. The first kappa shape index (κ1) is 19.6. The molecule has 0 saturated heterocycles. The van der Waals surface area contributed by atoms with Crippen LogP contribution in [-0.2, 0) is 6.54 Å². The lowest BCUT2D eigenvalue weighted by Crippen LogP contribution is -2.17. The van der Waals surface area contributed by atoms with Gasteiger partial charge in [0.2, 0.25) is 0 Å². The molecule has 0 atom stereocenters. The summed E-state index contributed by atoms with van der Waals surface area (Å²) in [5.74, 6) is -0.267. The van der Waals surface area contributed by atoms with Crippen molar-refractivity contribution in [1.29, 1.82) is 0 Å². The molecule has 0 aliphatic rings. The molecule has 0 unspecified atom stereocenters. The van der Waals surface area contributed by atoms with Crippen LogP contribution in [0.4, 0.5) is 0 Å². The lowest BCUT2D eigenvalue weighted by Gasteiger charge is -2.04. The van der Waals surface area contributed by atoms with Crippen molar-refractivity contribution in [2.45, 2.75) is 6.54 Å². The third-order valence-corrected chi connectivity index (χ3v) is 4.90. The molecule has 30 heavy (non-hydrogen) atoms. The van der Waals surface area contributed by atoms with Crippen LogP contribution < -0.4 is 5.43 Å². The van der Waals surface area contributed by atoms with Crippen LogP contribution in [0, 0.1) is 0 Å². The fourth-order valence-electron chi connectivity index (χ4n) is 3.05. The van der Waals surface area contributed by atoms with E-state index in [2.05, 4.69) is 10.5 Å². The quantitative estimate of drug-likeness (QED) is 0.356. The number of hydrazone groups is 1. The van der Waals surface area contributed by atoms with Crippen molar-refractivity contribution in [3.8, 4) is 11.3 Å². The molecule has 148 valence electrons. The molecule has 0 spiro atoms. The molecule has 4 aromatic rings. The Kier molecular flexibility index (Phi) is 6.01. The topological polar surface area (TPSA) is 59.3 Å². The molecule has 4 rings (SSSR count). The summed E-state index contributed by atoms with van der Waals surface area (Å²) in [6.07, 6.45) is 3.50. The van der Waals surface area contributed by atoms with Crippen molar-refractivity contribution < 1.29 is 4.79 Å². The highest BCUT2D eigenvalue weighted by Gasteiger charge is 2.11. The first-order chi connectivity index (χ1) is 14.7. The molecular formula is C24H19ClN4O. The molecule has 1 heterocycles. The molecule has 0 aliphatic carbocycles. The number of hydrogen-bond acceptors (Lipinski definition) is 3. The predicted molar refractivity (Wildman–Crippen MR) is 120 cm³/mol. The van der Waals surface area contributed by atoms with Gasteiger partial charge in [-0.05, 0) is 23.8 Å². The van der Waals surface area contributed by atoms with Crippen LogP contribution in [0.3, 0.4) is 0 Å². The monoisotopic (exact) mass is 414 g/mol. The number of rotatable bonds is 6. The fraction of sp³-hybridized carbons (Fsp3) is 0.0417. The normalized spacial score (nSPS) is 11.0. The number of nitrogens with zero attached hydrogens (tertiary/aromatic N) is 3. The standard InChI is InChI=1S/C24H19ClN4O/c25-22-14-8-7-13-20(22)16-29-17-21(23(28-29)18-9-3-1-4-10-18)15-26-27-24(30)19-11-5-2-6-12-19/h1-15,17H,16H2,(H,27,30)/b26-15-. The lowest BCUT2D eigenvalue weighted by atomic mass is 10.1. The second-order valence-corrected chi connectivity index (χ2v) is 7.06. The minimum atomic E-state index is -0.267. The van der Waals surface area contributed by atoms with Gasteiger partial charge >= 0.3 is 0 Å². The first-order valence-electron chi connectivity index (χ1n) is 9.45. The summed E-state index contributed by atoms with van der Waals surface area (Å²) in [7, 11) is 0. The molecular weight excluding hydrogens is 396 g/mol. The zero-order valence-electron chi connectivity index (χ0n) is 16.1. The maximum Gasteiger partial charge on any atom is 0.271 e. The van der Waals surface area contributed by atoms with E-state index in [0.29, 0.717) is 17.1 Å². The fourth-order valence-corrected chi connectivity index (χ4v) is 3.24. The number of halogens is 1. The summed E-state index contributed by atoms with van der Waals surface area (Å²) < 4.78 is 1.82. The van der Waals surface area contributed by atoms with Crippen LogP contribution in [0.2, 0.25) is 5.02 Å². The number of aromatic nitrogens is 2. The number of carbonyl (C=O) groups is 1. The van der Waals surface area contributed by atoms with E-state index in [-0.39, 0.29) is 5.91 Å². The number of carbonyl (C=O) groups excluding carboxylic acids is 1. The zero-order chi connectivity index (χ0) is 20.8. The number of nitrogens with one attached hydrogen (secondary N) is 1. The maximum atomic E-state index is 12.2. The molecule has 0 bridgehead atoms. The van der Waals surface area contributed by atoms with Gasteiger partial charge < -0.3 is 0 Å². The molecule has 1 N–H and O–H groups in total. The van der Waals surface area contributed by atoms with Crippen molar-refractivity contribution in [2.75, 3.05) is 0 Å². The van der Waals surface area contributed by atoms with E-state index in [0.717, 1.165) is 22.4 Å². The summed E-state index contributed by atoms with van der Waals surface area (Å²) in [6, 6.07) is 26.5. The van der Waals surface area contributed by atoms with Gasteiger partial charge in [-0.2, -0.15) is 10.2 Å². The van der Waals surface area contributed by atoms with Crippen molar-refractivity contribution >= 4 is 23.7 Å². The Balaban J connectivity index is 1.60. The molecule has 0 saturated carbocycles. The molecule has 3 aromatic carbocycles. The van der Waals surface area contributed by atoms with Crippen molar-refractivity contribution in [3.05, 3.63) is 113 Å². The smallest absolute Gasteiger partial charge is 0.267 e. The van der Waals surface area contributed by atoms with Crippen molar-refractivity contribution in [1.82, 2.24) is 15.2 Å². The average Bonchev–Trinajstić information content (AvgIpc) is 3.19. The van der Waals surface area contributed by atoms with Crippen LogP contribution in [0.1, 0.15) is 21.5 Å². The maximum absolute atomic E-state index is 12.2. The van der Waals surface area contributed by atoms with Gasteiger partial charge in [-0.1, -0.05) is 78.3 Å². The second-order valence-electron chi connectivity index (χ2n) is 6.65. The summed E-state index contributed by atoms with van der Waals surface area (Å²) in [5.41, 5.74) is 6.62. The Labute approximate surface area is 179 Å². The van der Waals surface area contributed by atoms with Crippen LogP contribution in [0.15, 0.2) is 96.2 Å². The Hall–Kier alpha value is -3.70. The Morgan fingerprint density at radius 2 is 1.63 bits per heavy atom. The number of amides is 1. The van der Waals surface area contributed by atoms with Gasteiger partial charge in [0.05, 0.1) is 12.8 Å². The Morgan fingerprint density at radius 3 is 2.37 bits per heavy atom. The van der Waals surface area contributed by atoms with Crippen LogP contribution in [-0.4, -0.2) is 21.9 Å². The summed E-state index contributed by atoms with van der Waals surface area (Å²) in [6.45, 7) is 0.531. The van der Waals surface area contributed by atoms with Crippen molar-refractivity contribution in [2.24, 2.45) is 5.10 Å². The van der Waals surface area contributed by atoms with E-state index in [1.54, 1.807) is 18.3 Å². The minimum absolute atomic E-state index is 0.267. The largest absolute Gasteiger partial charge is 0.271 e. The average molecular weight is 415 g/mol. The molecule has 6 heteroatoms. The molecule has 0 aliphatic heterocycles. The number of benzene rings is 3. The van der Waals surface area contributed by atoms with E-state index in [1.165, 1.54) is 0 Å². The highest BCUT2D eigenvalue weighted by atomic mass is 35.5. The number of hydrogen-bond donors (Lipinski definition) is 1. The molecule has 0 radical (unpaired) electrons. The van der Waals surface area contributed by atoms with Crippen molar-refractivity contribution in [3.63, 3.8) is 0 Å². The van der Waals surface area contributed by atoms with Gasteiger partial charge in [0, 0.05) is 27.9 Å². The SMILES string of the molecule is O=C(N/N=C\c1cn(Cc2ccccc2Cl)nc1-c1ccccc1)c1ccccc1. The van der Waals surface area contributed by atoms with Gasteiger partial charge in [0.1, 0.15) is 5.69 Å². The van der Waals surface area contributed by atoms with Crippen LogP contribution in [0.25, 0.3) is 11.3 Å². The summed E-state index contributed by atoms with van der Waals surface area (Å²) >= 11 is 6.30. The zero-order valence-corrected chi connectivity index (χ0v) is 16.8. The minimum Gasteiger partial charge on any atom is -0.267 e. The highest BCUT2D eigenvalue weighted by molar-refractivity contribution is 6.31. The summed E-state index contributed by atoms with van der Waals surface area (Å²) in [5, 5.41) is 9.56. The third kappa shape index (κ3) is 4.64. The second kappa shape index (κ2) is 9.20. The van der Waals surface area contributed by atoms with Crippen LogP contribution >= 0.6 is 11.6 Å². The van der Waals surface area contributed by atoms with Gasteiger partial charge in [-0.3, -0.25) is 9.48 Å². The highest BCUT2D eigenvalue weighted by Crippen LogP contribution is 2.22. The lowest BCUT2D eigenvalue weighted by molar-refractivity contribution is 0.0955. The van der Waals surface area contributed by atoms with Gasteiger partial charge in [-0.25, -0.2) is 5.43 Å². The van der Waals surface area contributed by atoms with Crippen LogP contribution in [0.5, 0.6) is 0 Å². The van der Waals surface area contributed by atoms with E-state index in [1.807, 2.05) is 83.7 Å². The Morgan fingerprint density at radius 1 is 0.967 bits per heavy atom.